The first kappa shape index (κ1) is 46.8. The Hall–Kier alpha value is -3.18. The van der Waals surface area contributed by atoms with E-state index in [9.17, 15) is 9.59 Å². The molecule has 10 nitrogen and oxygen atoms in total. The number of imide groups is 1. The van der Waals surface area contributed by atoms with Crippen LogP contribution in [0, 0.1) is 0 Å². The van der Waals surface area contributed by atoms with Gasteiger partial charge < -0.3 is 24.8 Å². The van der Waals surface area contributed by atoms with Crippen LogP contribution in [0.15, 0.2) is 48.5 Å². The Bertz CT molecular complexity index is 1230. The SMILES string of the molecule is C.CC.CC.CCC(CCN(C)C)N(C)CC.COc1ccc(CN2C(=O)CCN(c3ccc(N4CCN(C5CCNCC5)CC4)cc3)C2=O)cc1. The number of piperidine rings is 1. The first-order valence-electron chi connectivity index (χ1n) is 19.6. The van der Waals surface area contributed by atoms with Gasteiger partial charge in [0.05, 0.1) is 13.7 Å². The average Bonchev–Trinajstić information content (AvgIpc) is 3.19. The molecule has 3 amide bonds. The molecule has 0 bridgehead atoms. The van der Waals surface area contributed by atoms with Crippen molar-refractivity contribution in [3.8, 4) is 5.75 Å². The van der Waals surface area contributed by atoms with E-state index in [0.29, 0.717) is 13.0 Å². The Morgan fingerprint density at radius 3 is 1.92 bits per heavy atom. The first-order chi connectivity index (χ1) is 24.7. The second-order valence-corrected chi connectivity index (χ2v) is 13.3. The monoisotopic (exact) mass is 726 g/mol. The number of nitrogens with zero attached hydrogens (tertiary/aromatic N) is 6. The van der Waals surface area contributed by atoms with Gasteiger partial charge in [-0.3, -0.25) is 19.5 Å². The van der Waals surface area contributed by atoms with Crippen molar-refractivity contribution in [2.45, 2.75) is 99.7 Å². The molecule has 3 aliphatic heterocycles. The molecule has 2 aromatic carbocycles. The lowest BCUT2D eigenvalue weighted by molar-refractivity contribution is -0.129. The summed E-state index contributed by atoms with van der Waals surface area (Å²) in [6.07, 6.45) is 5.36. The number of anilines is 2. The molecule has 5 rings (SSSR count). The van der Waals surface area contributed by atoms with E-state index in [1.54, 1.807) is 12.0 Å². The molecule has 3 fully saturated rings. The van der Waals surface area contributed by atoms with E-state index >= 15 is 0 Å². The highest BCUT2D eigenvalue weighted by Crippen LogP contribution is 2.27. The Morgan fingerprint density at radius 1 is 0.827 bits per heavy atom. The highest BCUT2D eigenvalue weighted by atomic mass is 16.5. The maximum atomic E-state index is 13.2. The van der Waals surface area contributed by atoms with Gasteiger partial charge in [0.1, 0.15) is 5.75 Å². The molecule has 10 heteroatoms. The van der Waals surface area contributed by atoms with Gasteiger partial charge >= 0.3 is 6.03 Å². The van der Waals surface area contributed by atoms with E-state index in [0.717, 1.165) is 74.9 Å². The second kappa shape index (κ2) is 25.7. The minimum Gasteiger partial charge on any atom is -0.497 e. The zero-order valence-electron chi connectivity index (χ0n) is 33.8. The number of benzene rings is 2. The molecule has 1 N–H and O–H groups in total. The fraction of sp³-hybridized carbons (Fsp3) is 0.667. The van der Waals surface area contributed by atoms with Crippen molar-refractivity contribution < 1.29 is 14.3 Å². The normalized spacial score (nSPS) is 17.3. The van der Waals surface area contributed by atoms with Crippen LogP contribution in [0.4, 0.5) is 16.2 Å². The van der Waals surface area contributed by atoms with Gasteiger partial charge in [-0.25, -0.2) is 4.79 Å². The van der Waals surface area contributed by atoms with Crippen molar-refractivity contribution in [3.05, 3.63) is 54.1 Å². The molecule has 0 radical (unpaired) electrons. The van der Waals surface area contributed by atoms with Gasteiger partial charge in [0.2, 0.25) is 5.91 Å². The quantitative estimate of drug-likeness (QED) is 0.245. The van der Waals surface area contributed by atoms with Crippen molar-refractivity contribution >= 4 is 23.3 Å². The Morgan fingerprint density at radius 2 is 1.40 bits per heavy atom. The fourth-order valence-electron chi connectivity index (χ4n) is 6.76. The lowest BCUT2D eigenvalue weighted by atomic mass is 10.0. The molecular weight excluding hydrogens is 651 g/mol. The molecule has 0 aromatic heterocycles. The number of hydrogen-bond acceptors (Lipinski definition) is 8. The summed E-state index contributed by atoms with van der Waals surface area (Å²) in [6, 6.07) is 16.9. The topological polar surface area (TPSA) is 74.8 Å². The summed E-state index contributed by atoms with van der Waals surface area (Å²) in [6.45, 7) is 22.0. The third-order valence-electron chi connectivity index (χ3n) is 9.98. The van der Waals surface area contributed by atoms with E-state index in [4.69, 9.17) is 4.74 Å². The zero-order valence-corrected chi connectivity index (χ0v) is 33.8. The van der Waals surface area contributed by atoms with Gasteiger partial charge in [-0.2, -0.15) is 0 Å². The number of nitrogens with one attached hydrogen (secondary N) is 1. The van der Waals surface area contributed by atoms with Crippen molar-refractivity contribution in [2.75, 3.05) is 97.0 Å². The lowest BCUT2D eigenvalue weighted by Gasteiger charge is -2.41. The molecule has 0 spiro atoms. The van der Waals surface area contributed by atoms with Crippen LogP contribution in [0.1, 0.15) is 86.6 Å². The van der Waals surface area contributed by atoms with Crippen LogP contribution in [0.2, 0.25) is 0 Å². The van der Waals surface area contributed by atoms with E-state index in [1.165, 1.54) is 42.8 Å². The largest absolute Gasteiger partial charge is 0.497 e. The maximum absolute atomic E-state index is 13.2. The van der Waals surface area contributed by atoms with Crippen LogP contribution in [0.5, 0.6) is 5.75 Å². The second-order valence-electron chi connectivity index (χ2n) is 13.3. The highest BCUT2D eigenvalue weighted by molar-refractivity contribution is 6.05. The number of carbonyl (C=O) groups is 2. The number of ether oxygens (including phenoxy) is 1. The Kier molecular flexibility index (Phi) is 23.2. The molecule has 3 aliphatic rings. The summed E-state index contributed by atoms with van der Waals surface area (Å²) in [5.41, 5.74) is 2.92. The third-order valence-corrected chi connectivity index (χ3v) is 9.98. The van der Waals surface area contributed by atoms with Crippen LogP contribution in [0.3, 0.4) is 0 Å². The number of carbonyl (C=O) groups excluding carboxylic acids is 2. The predicted molar refractivity (Wildman–Crippen MR) is 222 cm³/mol. The van der Waals surface area contributed by atoms with Crippen LogP contribution in [0.25, 0.3) is 0 Å². The van der Waals surface area contributed by atoms with Crippen molar-refractivity contribution in [1.82, 2.24) is 24.9 Å². The first-order valence-corrected chi connectivity index (χ1v) is 19.6. The average molecular weight is 726 g/mol. The number of amides is 3. The van der Waals surface area contributed by atoms with Crippen molar-refractivity contribution in [3.63, 3.8) is 0 Å². The Balaban J connectivity index is 0.000000678. The molecule has 3 heterocycles. The zero-order chi connectivity index (χ0) is 37.8. The summed E-state index contributed by atoms with van der Waals surface area (Å²) in [4.78, 5) is 38.6. The molecule has 1 atom stereocenters. The molecule has 3 saturated heterocycles. The minimum atomic E-state index is -0.264. The standard InChI is InChI=1S/C27H35N5O3.C10H24N2.2C2H6.CH4/c1-35-25-8-2-21(3-9-25)20-32-26(33)12-15-31(27(32)34)24-6-4-22(5-7-24)29-16-18-30(19-17-29)23-10-13-28-14-11-23;1-6-10(12(5)7-2)8-9-11(3)4;2*1-2;/h2-9,23,28H,10-20H2,1H3;10H,6-9H2,1-5H3;2*1-2H3;1H4. The number of urea groups is 1. The fourth-order valence-corrected chi connectivity index (χ4v) is 6.76. The molecule has 0 aliphatic carbocycles. The van der Waals surface area contributed by atoms with E-state index in [2.05, 4.69) is 72.0 Å². The summed E-state index contributed by atoms with van der Waals surface area (Å²) >= 11 is 0. The molecule has 0 saturated carbocycles. The molecule has 1 unspecified atom stereocenters. The van der Waals surface area contributed by atoms with Crippen molar-refractivity contribution in [2.24, 2.45) is 0 Å². The van der Waals surface area contributed by atoms with Crippen LogP contribution in [-0.2, 0) is 11.3 Å². The van der Waals surface area contributed by atoms with E-state index < -0.39 is 0 Å². The summed E-state index contributed by atoms with van der Waals surface area (Å²) in [5, 5.41) is 3.45. The number of hydrogen-bond donors (Lipinski definition) is 1. The van der Waals surface area contributed by atoms with Gasteiger partial charge in [0, 0.05) is 62.6 Å². The van der Waals surface area contributed by atoms with Crippen LogP contribution < -0.4 is 19.9 Å². The van der Waals surface area contributed by atoms with Crippen LogP contribution in [-0.4, -0.2) is 131 Å². The molecular formula is C42H75N7O3. The van der Waals surface area contributed by atoms with Gasteiger partial charge in [-0.15, -0.1) is 0 Å². The maximum Gasteiger partial charge on any atom is 0.331 e. The van der Waals surface area contributed by atoms with Crippen LogP contribution >= 0.6 is 0 Å². The molecule has 2 aromatic rings. The van der Waals surface area contributed by atoms with Gasteiger partial charge in [-0.05, 0) is 115 Å². The lowest BCUT2D eigenvalue weighted by Crippen LogP contribution is -2.53. The summed E-state index contributed by atoms with van der Waals surface area (Å²) < 4.78 is 5.20. The third kappa shape index (κ3) is 14.3. The highest BCUT2D eigenvalue weighted by Gasteiger charge is 2.33. The van der Waals surface area contributed by atoms with Crippen molar-refractivity contribution in [1.29, 1.82) is 0 Å². The molecule has 296 valence electrons. The smallest absolute Gasteiger partial charge is 0.331 e. The van der Waals surface area contributed by atoms with E-state index in [-0.39, 0.29) is 25.9 Å². The minimum absolute atomic E-state index is 0. The number of methoxy groups -OCH3 is 1. The number of piperazine rings is 1. The number of rotatable bonds is 12. The molecule has 52 heavy (non-hydrogen) atoms. The van der Waals surface area contributed by atoms with Gasteiger partial charge in [0.15, 0.2) is 0 Å². The van der Waals surface area contributed by atoms with Gasteiger partial charge in [0.25, 0.3) is 0 Å². The van der Waals surface area contributed by atoms with E-state index in [1.807, 2.05) is 64.1 Å². The summed E-state index contributed by atoms with van der Waals surface area (Å²) in [7, 11) is 8.10. The summed E-state index contributed by atoms with van der Waals surface area (Å²) in [5.74, 6) is 0.616. The van der Waals surface area contributed by atoms with Gasteiger partial charge in [-0.1, -0.05) is 61.1 Å². The Labute approximate surface area is 318 Å². The predicted octanol–water partition coefficient (Wildman–Crippen LogP) is 7.29.